The maximum atomic E-state index is 2.65. The SMILES string of the molecule is CC[C]12[CH]3[C]4(CC)[C]5(CC)[C]1(CC)[Fe]32451678[CH]2[CH]1[CH]6[CH]7[CH]28. The van der Waals surface area contributed by atoms with E-state index in [0.717, 1.165) is 17.3 Å². The van der Waals surface area contributed by atoms with Crippen LogP contribution in [0.25, 0.3) is 0 Å². The Labute approximate surface area is 106 Å². The molecule has 10 fully saturated rings. The molecule has 10 aliphatic rings. The van der Waals surface area contributed by atoms with Crippen molar-refractivity contribution in [3.8, 4) is 0 Å². The quantitative estimate of drug-likeness (QED) is 0.520. The second-order valence-electron chi connectivity index (χ2n) is 11.9. The van der Waals surface area contributed by atoms with Crippen LogP contribution in [0.2, 0.25) is 46.2 Å². The molecule has 0 aromatic carbocycles. The average molecular weight is 298 g/mol. The van der Waals surface area contributed by atoms with Crippen LogP contribution in [0, 0.1) is 0 Å². The Morgan fingerprint density at radius 1 is 0.632 bits per heavy atom. The normalized spacial score (nSPS) is 120. The molecule has 1 heteroatoms. The summed E-state index contributed by atoms with van der Waals surface area (Å²) in [5.41, 5.74) is 0. The topological polar surface area (TPSA) is 0 Å². The van der Waals surface area contributed by atoms with Gasteiger partial charge < -0.3 is 0 Å². The van der Waals surface area contributed by atoms with Crippen molar-refractivity contribution in [1.29, 1.82) is 0 Å². The van der Waals surface area contributed by atoms with Crippen LogP contribution in [0.5, 0.6) is 0 Å². The zero-order valence-corrected chi connectivity index (χ0v) is 13.8. The minimum atomic E-state index is -3.16. The van der Waals surface area contributed by atoms with Gasteiger partial charge in [0.1, 0.15) is 0 Å². The molecule has 0 N–H and O–H groups in total. The molecule has 0 radical (unpaired) electrons. The molecule has 10 heterocycles. The number of hydrogen-bond acceptors (Lipinski definition) is 0. The molecule has 19 heavy (non-hydrogen) atoms. The molecule has 1 spiro atoms. The standard InChI is InChI=1S/C13H21.C5H5.Fe/c1-5-10-9-11(6-2)13(8-4)12(10)7-3;1-2-4-5-3-1;/h9H,5-8H2,1-4H3;1-5H;. The van der Waals surface area contributed by atoms with Gasteiger partial charge >= 0.3 is 106 Å². The molecule has 0 amide bonds. The first-order valence-corrected chi connectivity index (χ1v) is 15.2. The predicted molar refractivity (Wildman–Crippen MR) is 74.4 cm³/mol. The van der Waals surface area contributed by atoms with Gasteiger partial charge in [0.05, 0.1) is 0 Å². The third-order valence-electron chi connectivity index (χ3n) is 18.5. The number of hydrogen-bond donors (Lipinski definition) is 0. The monoisotopic (exact) mass is 298 g/mol. The van der Waals surface area contributed by atoms with E-state index in [1.165, 1.54) is 28.9 Å². The van der Waals surface area contributed by atoms with Crippen molar-refractivity contribution in [3.05, 3.63) is 0 Å². The summed E-state index contributed by atoms with van der Waals surface area (Å²) >= 11 is 0. The van der Waals surface area contributed by atoms with Gasteiger partial charge in [-0.2, -0.15) is 0 Å². The fraction of sp³-hybridized carbons (Fsp3) is 1.00. The second-order valence-corrected chi connectivity index (χ2v) is 34.9. The summed E-state index contributed by atoms with van der Waals surface area (Å²) in [6.45, 7) is 7.43. The van der Waals surface area contributed by atoms with Gasteiger partial charge in [-0.15, -0.1) is 0 Å². The zero-order valence-electron chi connectivity index (χ0n) is 12.6. The van der Waals surface area contributed by atoms with Gasteiger partial charge in [-0.1, -0.05) is 0 Å². The van der Waals surface area contributed by atoms with Crippen LogP contribution in [0.4, 0.5) is 0 Å². The summed E-state index contributed by atoms with van der Waals surface area (Å²) in [4.78, 5) is 8.86. The third-order valence-corrected chi connectivity index (χ3v) is 65.2. The summed E-state index contributed by atoms with van der Waals surface area (Å²) in [6, 6.07) is 0. The van der Waals surface area contributed by atoms with Gasteiger partial charge in [-0.05, 0) is 0 Å². The molecule has 0 bridgehead atoms. The summed E-state index contributed by atoms with van der Waals surface area (Å²) in [7, 11) is 0. The van der Waals surface area contributed by atoms with Crippen molar-refractivity contribution in [2.24, 2.45) is 0 Å². The molecule has 0 nitrogen and oxygen atoms in total. The van der Waals surface area contributed by atoms with E-state index >= 15 is 0 Å². The van der Waals surface area contributed by atoms with Crippen LogP contribution in [-0.2, 0) is 6.51 Å². The maximum absolute atomic E-state index is 3.16. The van der Waals surface area contributed by atoms with Crippen molar-refractivity contribution >= 4 is 0 Å². The van der Waals surface area contributed by atoms with E-state index in [0.29, 0.717) is 0 Å². The Bertz CT molecular complexity index is 992. The van der Waals surface area contributed by atoms with Crippen molar-refractivity contribution in [2.75, 3.05) is 0 Å². The Hall–Kier alpha value is 0.519. The molecule has 0 aromatic rings. The molecule has 4 atom stereocenters. The van der Waals surface area contributed by atoms with Gasteiger partial charge in [0.15, 0.2) is 0 Å². The fourth-order valence-electron chi connectivity index (χ4n) is 23.5. The summed E-state index contributed by atoms with van der Waals surface area (Å²) in [5.74, 6) is 0. The van der Waals surface area contributed by atoms with E-state index in [1.54, 1.807) is 25.7 Å². The van der Waals surface area contributed by atoms with E-state index < -0.39 is 6.51 Å². The number of rotatable bonds is 4. The number of fused-ring (bicyclic) bond motifs is 10. The van der Waals surface area contributed by atoms with Crippen LogP contribution in [0.15, 0.2) is 0 Å². The van der Waals surface area contributed by atoms with Crippen LogP contribution in [-0.4, -0.2) is 0 Å². The second kappa shape index (κ2) is 0.679. The first-order chi connectivity index (χ1) is 8.96. The molecular weight excluding hydrogens is 272 g/mol. The fourth-order valence-corrected chi connectivity index (χ4v) is 110. The van der Waals surface area contributed by atoms with E-state index in [1.807, 2.05) is 0 Å². The molecule has 0 aliphatic carbocycles. The Morgan fingerprint density at radius 2 is 1.00 bits per heavy atom. The van der Waals surface area contributed by atoms with Gasteiger partial charge in [0, 0.05) is 0 Å². The van der Waals surface area contributed by atoms with Crippen LogP contribution in [0.1, 0.15) is 53.4 Å². The van der Waals surface area contributed by atoms with Gasteiger partial charge in [0.25, 0.3) is 0 Å². The van der Waals surface area contributed by atoms with Crippen molar-refractivity contribution in [2.45, 2.75) is 99.5 Å². The first kappa shape index (κ1) is 8.23. The molecule has 4 unspecified atom stereocenters. The third kappa shape index (κ3) is 0.0706. The molecular formula is C18H26Fe. The molecule has 10 saturated heterocycles. The van der Waals surface area contributed by atoms with Crippen LogP contribution < -0.4 is 0 Å². The van der Waals surface area contributed by atoms with Crippen molar-refractivity contribution in [1.82, 2.24) is 0 Å². The van der Waals surface area contributed by atoms with Gasteiger partial charge in [0.2, 0.25) is 0 Å². The van der Waals surface area contributed by atoms with E-state index in [-0.39, 0.29) is 0 Å². The predicted octanol–water partition coefficient (Wildman–Crippen LogP) is 6.50. The van der Waals surface area contributed by atoms with Crippen molar-refractivity contribution < 1.29 is 6.51 Å². The first-order valence-electron chi connectivity index (χ1n) is 9.17. The molecule has 0 aromatic heterocycles. The summed E-state index contributed by atoms with van der Waals surface area (Å²) < 4.78 is 4.40. The van der Waals surface area contributed by atoms with Crippen LogP contribution in [0.3, 0.4) is 0 Å². The molecule has 106 valence electrons. The van der Waals surface area contributed by atoms with Gasteiger partial charge in [-0.25, -0.2) is 0 Å². The van der Waals surface area contributed by atoms with Crippen molar-refractivity contribution in [3.63, 3.8) is 0 Å². The van der Waals surface area contributed by atoms with Crippen LogP contribution >= 0.6 is 0 Å². The Kier molecular flexibility index (Phi) is 0.294. The van der Waals surface area contributed by atoms with Gasteiger partial charge in [-0.3, -0.25) is 0 Å². The summed E-state index contributed by atoms with van der Waals surface area (Å²) in [5, 5.41) is 0. The molecule has 0 saturated carbocycles. The molecule has 10 rings (SSSR count). The van der Waals surface area contributed by atoms with E-state index in [9.17, 15) is 0 Å². The molecule has 10 aliphatic heterocycles. The van der Waals surface area contributed by atoms with E-state index in [4.69, 9.17) is 0 Å². The Morgan fingerprint density at radius 3 is 1.21 bits per heavy atom. The minimum absolute atomic E-state index is 1.09. The van der Waals surface area contributed by atoms with E-state index in [2.05, 4.69) is 27.7 Å². The Balaban J connectivity index is 1.73. The zero-order chi connectivity index (χ0) is 12.6. The average Bonchev–Trinajstić information content (AvgIpc) is 3.38. The summed E-state index contributed by atoms with van der Waals surface area (Å²) in [6.07, 6.45) is 6.61.